The van der Waals surface area contributed by atoms with Crippen LogP contribution in [-0.2, 0) is 6.54 Å². The van der Waals surface area contributed by atoms with Gasteiger partial charge >= 0.3 is 0 Å². The molecule has 1 aromatic heterocycles. The summed E-state index contributed by atoms with van der Waals surface area (Å²) in [5.74, 6) is 1.48. The highest BCUT2D eigenvalue weighted by Gasteiger charge is 2.30. The Kier molecular flexibility index (Phi) is 4.62. The van der Waals surface area contributed by atoms with Crippen LogP contribution in [0.15, 0.2) is 0 Å². The summed E-state index contributed by atoms with van der Waals surface area (Å²) in [5, 5.41) is 4.46. The van der Waals surface area contributed by atoms with Gasteiger partial charge < -0.3 is 10.2 Å². The van der Waals surface area contributed by atoms with E-state index in [1.165, 1.54) is 35.0 Å². The third-order valence-corrected chi connectivity index (χ3v) is 4.81. The molecule has 0 aliphatic heterocycles. The number of aromatic nitrogens is 1. The highest BCUT2D eigenvalue weighted by molar-refractivity contribution is 7.15. The molecule has 4 heteroatoms. The number of anilines is 1. The van der Waals surface area contributed by atoms with E-state index in [9.17, 15) is 0 Å². The number of hydrogen-bond donors (Lipinski definition) is 1. The molecule has 0 bridgehead atoms. The molecule has 0 spiro atoms. The average Bonchev–Trinajstić information content (AvgIpc) is 3.11. The van der Waals surface area contributed by atoms with Crippen LogP contribution in [0, 0.1) is 5.92 Å². The Balaban J connectivity index is 2.10. The molecular weight excluding hydrogens is 242 g/mol. The number of hydrogen-bond acceptors (Lipinski definition) is 4. The molecule has 0 saturated heterocycles. The monoisotopic (exact) mass is 267 g/mol. The second kappa shape index (κ2) is 6.02. The quantitative estimate of drug-likeness (QED) is 0.822. The first kappa shape index (κ1) is 13.8. The van der Waals surface area contributed by atoms with E-state index in [1.807, 2.05) is 18.4 Å². The van der Waals surface area contributed by atoms with Gasteiger partial charge in [-0.25, -0.2) is 4.98 Å². The van der Waals surface area contributed by atoms with Crippen molar-refractivity contribution in [1.29, 1.82) is 0 Å². The fourth-order valence-corrected chi connectivity index (χ4v) is 3.28. The number of nitrogens with zero attached hydrogens (tertiary/aromatic N) is 2. The predicted molar refractivity (Wildman–Crippen MR) is 79.6 cm³/mol. The molecule has 1 unspecified atom stereocenters. The van der Waals surface area contributed by atoms with Gasteiger partial charge in [0.25, 0.3) is 0 Å². The fraction of sp³-hybridized carbons (Fsp3) is 0.786. The second-order valence-electron chi connectivity index (χ2n) is 5.50. The molecule has 3 nitrogen and oxygen atoms in total. The van der Waals surface area contributed by atoms with Crippen LogP contribution >= 0.6 is 11.3 Å². The van der Waals surface area contributed by atoms with Gasteiger partial charge in [-0.05, 0) is 25.8 Å². The lowest BCUT2D eigenvalue weighted by Gasteiger charge is -2.19. The Hall–Kier alpha value is -0.610. The molecule has 1 atom stereocenters. The Bertz CT molecular complexity index is 384. The third-order valence-electron chi connectivity index (χ3n) is 3.63. The lowest BCUT2D eigenvalue weighted by Crippen LogP contribution is -2.23. The van der Waals surface area contributed by atoms with Crippen molar-refractivity contribution in [1.82, 2.24) is 10.3 Å². The highest BCUT2D eigenvalue weighted by atomic mass is 32.1. The zero-order chi connectivity index (χ0) is 13.1. The van der Waals surface area contributed by atoms with E-state index >= 15 is 0 Å². The minimum Gasteiger partial charge on any atom is -0.351 e. The topological polar surface area (TPSA) is 28.2 Å². The molecule has 2 rings (SSSR count). The van der Waals surface area contributed by atoms with Gasteiger partial charge in [-0.1, -0.05) is 20.3 Å². The van der Waals surface area contributed by atoms with Crippen LogP contribution in [0.25, 0.3) is 0 Å². The maximum atomic E-state index is 4.88. The van der Waals surface area contributed by atoms with Crippen molar-refractivity contribution in [2.45, 2.75) is 45.6 Å². The van der Waals surface area contributed by atoms with Crippen LogP contribution in [0.3, 0.4) is 0 Å². The summed E-state index contributed by atoms with van der Waals surface area (Å²) in [5.41, 5.74) is 1.36. The first-order valence-corrected chi connectivity index (χ1v) is 7.82. The Morgan fingerprint density at radius 1 is 1.50 bits per heavy atom. The van der Waals surface area contributed by atoms with Crippen molar-refractivity contribution < 1.29 is 0 Å². The first-order chi connectivity index (χ1) is 8.65. The van der Waals surface area contributed by atoms with E-state index < -0.39 is 0 Å². The average molecular weight is 267 g/mol. The van der Waals surface area contributed by atoms with Crippen LogP contribution in [-0.4, -0.2) is 25.6 Å². The summed E-state index contributed by atoms with van der Waals surface area (Å²) in [4.78, 5) is 8.64. The van der Waals surface area contributed by atoms with Gasteiger partial charge in [-0.2, -0.15) is 0 Å². The van der Waals surface area contributed by atoms with Crippen molar-refractivity contribution >= 4 is 16.5 Å². The zero-order valence-electron chi connectivity index (χ0n) is 12.0. The Labute approximate surface area is 115 Å². The predicted octanol–water partition coefficient (Wildman–Crippen LogP) is 3.22. The maximum Gasteiger partial charge on any atom is 0.185 e. The molecular formula is C14H25N3S. The van der Waals surface area contributed by atoms with Crippen molar-refractivity contribution in [3.05, 3.63) is 10.6 Å². The van der Waals surface area contributed by atoms with E-state index in [0.717, 1.165) is 24.9 Å². The summed E-state index contributed by atoms with van der Waals surface area (Å²) in [6.45, 7) is 6.62. The Morgan fingerprint density at radius 2 is 2.22 bits per heavy atom. The van der Waals surface area contributed by atoms with Crippen LogP contribution in [0.5, 0.6) is 0 Å². The van der Waals surface area contributed by atoms with E-state index in [0.29, 0.717) is 0 Å². The molecule has 0 amide bonds. The lowest BCUT2D eigenvalue weighted by molar-refractivity contribution is 0.559. The van der Waals surface area contributed by atoms with Gasteiger partial charge in [0.05, 0.1) is 5.69 Å². The van der Waals surface area contributed by atoms with Gasteiger partial charge in [-0.15, -0.1) is 11.3 Å². The maximum absolute atomic E-state index is 4.88. The van der Waals surface area contributed by atoms with Gasteiger partial charge in [0.2, 0.25) is 0 Å². The number of thiazole rings is 1. The summed E-state index contributed by atoms with van der Waals surface area (Å²) in [6, 6.07) is 0. The minimum absolute atomic E-state index is 0.732. The van der Waals surface area contributed by atoms with Gasteiger partial charge in [0.1, 0.15) is 0 Å². The molecule has 18 heavy (non-hydrogen) atoms. The smallest absolute Gasteiger partial charge is 0.185 e. The Morgan fingerprint density at radius 3 is 2.78 bits per heavy atom. The molecule has 1 aliphatic rings. The van der Waals surface area contributed by atoms with E-state index in [1.54, 1.807) is 0 Å². The lowest BCUT2D eigenvalue weighted by atomic mass is 10.1. The van der Waals surface area contributed by atoms with E-state index in [-0.39, 0.29) is 0 Å². The number of rotatable bonds is 7. The molecule has 1 N–H and O–H groups in total. The fourth-order valence-electron chi connectivity index (χ4n) is 2.15. The third kappa shape index (κ3) is 3.23. The molecule has 1 aliphatic carbocycles. The summed E-state index contributed by atoms with van der Waals surface area (Å²) in [6.07, 6.45) is 3.89. The standard InChI is InChI=1S/C14H25N3S/c1-5-10(2)9-17(4)14-16-13(11-6-7-11)12(18-14)8-15-3/h10-11,15H,5-9H2,1-4H3. The molecule has 1 aromatic rings. The van der Waals surface area contributed by atoms with Crippen molar-refractivity contribution in [2.24, 2.45) is 5.92 Å². The van der Waals surface area contributed by atoms with Crippen molar-refractivity contribution in [3.63, 3.8) is 0 Å². The first-order valence-electron chi connectivity index (χ1n) is 7.01. The minimum atomic E-state index is 0.732. The van der Waals surface area contributed by atoms with Crippen LogP contribution in [0.2, 0.25) is 0 Å². The largest absolute Gasteiger partial charge is 0.351 e. The summed E-state index contributed by atoms with van der Waals surface area (Å²) in [7, 11) is 4.18. The van der Waals surface area contributed by atoms with Crippen LogP contribution in [0.4, 0.5) is 5.13 Å². The van der Waals surface area contributed by atoms with Crippen molar-refractivity contribution in [2.75, 3.05) is 25.5 Å². The molecule has 0 aromatic carbocycles. The second-order valence-corrected chi connectivity index (χ2v) is 6.57. The number of nitrogens with one attached hydrogen (secondary N) is 1. The molecule has 1 fully saturated rings. The zero-order valence-corrected chi connectivity index (χ0v) is 12.8. The van der Waals surface area contributed by atoms with Crippen LogP contribution < -0.4 is 10.2 Å². The van der Waals surface area contributed by atoms with Crippen LogP contribution in [0.1, 0.15) is 49.6 Å². The van der Waals surface area contributed by atoms with Gasteiger partial charge in [0, 0.05) is 30.9 Å². The van der Waals surface area contributed by atoms with Crippen molar-refractivity contribution in [3.8, 4) is 0 Å². The summed E-state index contributed by atoms with van der Waals surface area (Å²) >= 11 is 1.87. The van der Waals surface area contributed by atoms with E-state index in [2.05, 4.69) is 31.1 Å². The molecule has 1 saturated carbocycles. The molecule has 102 valence electrons. The van der Waals surface area contributed by atoms with Gasteiger partial charge in [-0.3, -0.25) is 0 Å². The van der Waals surface area contributed by atoms with E-state index in [4.69, 9.17) is 4.98 Å². The van der Waals surface area contributed by atoms with Gasteiger partial charge in [0.15, 0.2) is 5.13 Å². The molecule has 1 heterocycles. The normalized spacial score (nSPS) is 16.9. The highest BCUT2D eigenvalue weighted by Crippen LogP contribution is 2.44. The summed E-state index contributed by atoms with van der Waals surface area (Å²) < 4.78 is 0. The SMILES string of the molecule is CCC(C)CN(C)c1nc(C2CC2)c(CNC)s1. The molecule has 0 radical (unpaired) electrons.